The molecule has 0 bridgehead atoms. The van der Waals surface area contributed by atoms with Gasteiger partial charge in [0.2, 0.25) is 0 Å². The summed E-state index contributed by atoms with van der Waals surface area (Å²) in [7, 11) is 1.72. The number of phenols is 1. The van der Waals surface area contributed by atoms with Gasteiger partial charge in [0, 0.05) is 29.5 Å². The third kappa shape index (κ3) is 5.49. The highest BCUT2D eigenvalue weighted by Gasteiger charge is 2.15. The Morgan fingerprint density at radius 1 is 0.794 bits per heavy atom. The highest BCUT2D eigenvalue weighted by Crippen LogP contribution is 2.35. The van der Waals surface area contributed by atoms with Gasteiger partial charge in [0.05, 0.1) is 7.11 Å². The van der Waals surface area contributed by atoms with Crippen molar-refractivity contribution in [3.63, 3.8) is 0 Å². The van der Waals surface area contributed by atoms with Crippen molar-refractivity contribution in [2.45, 2.75) is 13.8 Å². The molecule has 4 aromatic rings. The summed E-state index contributed by atoms with van der Waals surface area (Å²) in [5.74, 6) is 1.54. The second-order valence-corrected chi connectivity index (χ2v) is 8.74. The van der Waals surface area contributed by atoms with Crippen molar-refractivity contribution in [3.8, 4) is 11.5 Å². The molecule has 0 radical (unpaired) electrons. The van der Waals surface area contributed by atoms with Gasteiger partial charge in [-0.15, -0.1) is 0 Å². The van der Waals surface area contributed by atoms with Crippen molar-refractivity contribution in [1.29, 1.82) is 0 Å². The number of phenolic OH excluding ortho intramolecular Hbond substituents is 1. The summed E-state index contributed by atoms with van der Waals surface area (Å²) >= 11 is 0. The third-order valence-corrected chi connectivity index (χ3v) is 5.71. The van der Waals surface area contributed by atoms with E-state index in [2.05, 4.69) is 91.6 Å². The van der Waals surface area contributed by atoms with E-state index in [0.29, 0.717) is 5.92 Å². The summed E-state index contributed by atoms with van der Waals surface area (Å²) in [6.07, 6.45) is 2.20. The van der Waals surface area contributed by atoms with Gasteiger partial charge >= 0.3 is 0 Å². The molecule has 0 amide bonds. The van der Waals surface area contributed by atoms with E-state index >= 15 is 0 Å². The van der Waals surface area contributed by atoms with E-state index in [4.69, 9.17) is 4.74 Å². The smallest absolute Gasteiger partial charge is 0.128 e. The van der Waals surface area contributed by atoms with Gasteiger partial charge in [0.15, 0.2) is 0 Å². The molecule has 3 heteroatoms. The summed E-state index contributed by atoms with van der Waals surface area (Å²) < 4.78 is 5.86. The largest absolute Gasteiger partial charge is 0.508 e. The first-order valence-electron chi connectivity index (χ1n) is 11.6. The Hall–Kier alpha value is -3.98. The zero-order valence-electron chi connectivity index (χ0n) is 20.0. The lowest BCUT2D eigenvalue weighted by molar-refractivity contribution is 0.414. The summed E-state index contributed by atoms with van der Waals surface area (Å²) in [5, 5.41) is 9.74. The number of hydrogen-bond donors (Lipinski definition) is 1. The molecule has 0 saturated carbocycles. The first-order chi connectivity index (χ1) is 16.5. The second kappa shape index (κ2) is 10.8. The van der Waals surface area contributed by atoms with Crippen LogP contribution in [0.2, 0.25) is 0 Å². The number of benzene rings is 4. The van der Waals surface area contributed by atoms with Gasteiger partial charge in [0.25, 0.3) is 0 Å². The summed E-state index contributed by atoms with van der Waals surface area (Å²) in [4.78, 5) is 2.26. The van der Waals surface area contributed by atoms with Crippen molar-refractivity contribution in [2.24, 2.45) is 5.92 Å². The molecule has 0 aliphatic carbocycles. The molecule has 1 N–H and O–H groups in total. The fourth-order valence-corrected chi connectivity index (χ4v) is 4.07. The molecule has 0 saturated heterocycles. The summed E-state index contributed by atoms with van der Waals surface area (Å²) in [5.41, 5.74) is 6.56. The van der Waals surface area contributed by atoms with Gasteiger partial charge in [-0.3, -0.25) is 0 Å². The minimum Gasteiger partial charge on any atom is -0.508 e. The molecular weight excluding hydrogens is 418 g/mol. The number of aromatic hydroxyl groups is 1. The number of hydrogen-bond acceptors (Lipinski definition) is 3. The molecule has 0 aliphatic heterocycles. The predicted molar refractivity (Wildman–Crippen MR) is 143 cm³/mol. The average molecular weight is 450 g/mol. The lowest BCUT2D eigenvalue weighted by Crippen LogP contribution is -2.22. The van der Waals surface area contributed by atoms with E-state index in [1.807, 2.05) is 24.3 Å². The van der Waals surface area contributed by atoms with Crippen LogP contribution in [0.15, 0.2) is 103 Å². The zero-order valence-corrected chi connectivity index (χ0v) is 20.0. The lowest BCUT2D eigenvalue weighted by Gasteiger charge is -2.27. The van der Waals surface area contributed by atoms with Gasteiger partial charge in [-0.05, 0) is 65.1 Å². The summed E-state index contributed by atoms with van der Waals surface area (Å²) in [6.45, 7) is 5.25. The fraction of sp³-hybridized carbons (Fsp3) is 0.161. The van der Waals surface area contributed by atoms with E-state index in [9.17, 15) is 5.11 Å². The van der Waals surface area contributed by atoms with Crippen LogP contribution in [0.4, 0.5) is 11.4 Å². The minimum atomic E-state index is 0.265. The second-order valence-electron chi connectivity index (χ2n) is 8.74. The predicted octanol–water partition coefficient (Wildman–Crippen LogP) is 7.78. The molecule has 4 aromatic carbocycles. The number of nitrogens with zero attached hydrogens (tertiary/aromatic N) is 1. The molecule has 0 fully saturated rings. The van der Waals surface area contributed by atoms with Crippen molar-refractivity contribution in [1.82, 2.24) is 0 Å². The van der Waals surface area contributed by atoms with Gasteiger partial charge in [0.1, 0.15) is 11.5 Å². The third-order valence-electron chi connectivity index (χ3n) is 5.71. The van der Waals surface area contributed by atoms with Crippen LogP contribution in [0.3, 0.4) is 0 Å². The van der Waals surface area contributed by atoms with E-state index in [1.54, 1.807) is 19.2 Å². The van der Waals surface area contributed by atoms with Crippen LogP contribution >= 0.6 is 0 Å². The highest BCUT2D eigenvalue weighted by molar-refractivity contribution is 5.92. The SMILES string of the molecule is COc1cc(N(CC(C)C)c2ccc(O)cc2)ccc1C=C(c1ccccc1)c1ccccc1. The molecule has 0 heterocycles. The standard InChI is InChI=1S/C31H31NO2/c1-23(2)22-32(27-16-18-29(33)19-17-27)28-15-14-26(31(21-28)34-3)20-30(24-10-6-4-7-11-24)25-12-8-5-9-13-25/h4-21,23,33H,22H2,1-3H3. The number of ether oxygens (including phenoxy) is 1. The minimum absolute atomic E-state index is 0.265. The number of methoxy groups -OCH3 is 1. The topological polar surface area (TPSA) is 32.7 Å². The summed E-state index contributed by atoms with van der Waals surface area (Å²) in [6, 6.07) is 34.5. The Labute approximate surface area is 202 Å². The fourth-order valence-electron chi connectivity index (χ4n) is 4.07. The monoisotopic (exact) mass is 449 g/mol. The molecule has 0 spiro atoms. The molecule has 3 nitrogen and oxygen atoms in total. The van der Waals surface area contributed by atoms with Crippen LogP contribution in [0.5, 0.6) is 11.5 Å². The van der Waals surface area contributed by atoms with E-state index < -0.39 is 0 Å². The van der Waals surface area contributed by atoms with Crippen molar-refractivity contribution in [2.75, 3.05) is 18.6 Å². The maximum Gasteiger partial charge on any atom is 0.128 e. The van der Waals surface area contributed by atoms with E-state index in [-0.39, 0.29) is 5.75 Å². The van der Waals surface area contributed by atoms with Crippen molar-refractivity contribution in [3.05, 3.63) is 120 Å². The highest BCUT2D eigenvalue weighted by atomic mass is 16.5. The van der Waals surface area contributed by atoms with Gasteiger partial charge in [-0.1, -0.05) is 74.5 Å². The maximum absolute atomic E-state index is 9.74. The number of rotatable bonds is 8. The first kappa shape index (κ1) is 23.2. The molecule has 4 rings (SSSR count). The van der Waals surface area contributed by atoms with Crippen LogP contribution in [-0.4, -0.2) is 18.8 Å². The quantitative estimate of drug-likeness (QED) is 0.279. The van der Waals surface area contributed by atoms with Crippen LogP contribution in [0, 0.1) is 5.92 Å². The lowest BCUT2D eigenvalue weighted by atomic mass is 9.95. The van der Waals surface area contributed by atoms with Crippen LogP contribution in [-0.2, 0) is 0 Å². The van der Waals surface area contributed by atoms with Gasteiger partial charge in [-0.2, -0.15) is 0 Å². The van der Waals surface area contributed by atoms with Crippen LogP contribution in [0.1, 0.15) is 30.5 Å². The Bertz CT molecular complexity index is 1190. The maximum atomic E-state index is 9.74. The Morgan fingerprint density at radius 2 is 1.35 bits per heavy atom. The molecule has 0 unspecified atom stereocenters. The molecule has 172 valence electrons. The van der Waals surface area contributed by atoms with Crippen molar-refractivity contribution >= 4 is 23.0 Å². The van der Waals surface area contributed by atoms with Gasteiger partial charge in [-0.25, -0.2) is 0 Å². The first-order valence-corrected chi connectivity index (χ1v) is 11.6. The van der Waals surface area contributed by atoms with Gasteiger partial charge < -0.3 is 14.7 Å². The van der Waals surface area contributed by atoms with E-state index in [0.717, 1.165) is 45.9 Å². The average Bonchev–Trinajstić information content (AvgIpc) is 2.87. The molecule has 0 aromatic heterocycles. The molecular formula is C31H31NO2. The Kier molecular flexibility index (Phi) is 7.34. The molecule has 0 aliphatic rings. The Balaban J connectivity index is 1.78. The van der Waals surface area contributed by atoms with Crippen LogP contribution in [0.25, 0.3) is 11.6 Å². The van der Waals surface area contributed by atoms with Crippen LogP contribution < -0.4 is 9.64 Å². The molecule has 34 heavy (non-hydrogen) atoms. The zero-order chi connectivity index (χ0) is 23.9. The molecule has 0 atom stereocenters. The Morgan fingerprint density at radius 3 is 1.88 bits per heavy atom. The number of anilines is 2. The van der Waals surface area contributed by atoms with E-state index in [1.165, 1.54) is 0 Å². The van der Waals surface area contributed by atoms with Crippen molar-refractivity contribution < 1.29 is 9.84 Å². The normalized spacial score (nSPS) is 10.7.